The molecule has 0 aliphatic heterocycles. The summed E-state index contributed by atoms with van der Waals surface area (Å²) in [6, 6.07) is 22.5. The molecule has 1 unspecified atom stereocenters. The van der Waals surface area contributed by atoms with Gasteiger partial charge in [-0.15, -0.1) is 0 Å². The third-order valence-electron chi connectivity index (χ3n) is 5.09. The zero-order valence-corrected chi connectivity index (χ0v) is 15.3. The highest BCUT2D eigenvalue weighted by Gasteiger charge is 2.42. The molecule has 1 N–H and O–H groups in total. The number of carboxylic acids is 1. The van der Waals surface area contributed by atoms with Gasteiger partial charge in [0, 0.05) is 0 Å². The van der Waals surface area contributed by atoms with E-state index < -0.39 is 24.1 Å². The third-order valence-corrected chi connectivity index (χ3v) is 5.09. The van der Waals surface area contributed by atoms with Gasteiger partial charge in [0.2, 0.25) is 0 Å². The number of rotatable bonds is 4. The van der Waals surface area contributed by atoms with Crippen molar-refractivity contribution in [1.82, 2.24) is 4.90 Å². The lowest BCUT2D eigenvalue weighted by atomic mass is 9.98. The average Bonchev–Trinajstić information content (AvgIpc) is 3.06. The van der Waals surface area contributed by atoms with Crippen LogP contribution in [0.4, 0.5) is 4.79 Å². The molecule has 0 heterocycles. The molecular weight excluding hydrogens is 354 g/mol. The highest BCUT2D eigenvalue weighted by molar-refractivity contribution is 5.85. The first-order chi connectivity index (χ1) is 13.6. The predicted molar refractivity (Wildman–Crippen MR) is 105 cm³/mol. The molecule has 28 heavy (non-hydrogen) atoms. The molecule has 1 aliphatic rings. The maximum absolute atomic E-state index is 12.9. The second-order valence-corrected chi connectivity index (χ2v) is 6.61. The summed E-state index contributed by atoms with van der Waals surface area (Å²) < 4.78 is 5.03. The van der Waals surface area contributed by atoms with Gasteiger partial charge in [0.1, 0.15) is 0 Å². The minimum Gasteiger partial charge on any atom is -0.479 e. The summed E-state index contributed by atoms with van der Waals surface area (Å²) in [6.45, 7) is 0. The molecule has 4 rings (SSSR count). The Morgan fingerprint density at radius 2 is 1.36 bits per heavy atom. The summed E-state index contributed by atoms with van der Waals surface area (Å²) in [7, 11) is 1.27. The molecule has 0 spiro atoms. The van der Waals surface area contributed by atoms with Gasteiger partial charge >= 0.3 is 12.1 Å². The zero-order valence-electron chi connectivity index (χ0n) is 15.3. The first-order valence-corrected chi connectivity index (χ1v) is 8.95. The van der Waals surface area contributed by atoms with Crippen LogP contribution in [0.3, 0.4) is 0 Å². The standard InChI is InChI=1S/C23H19NO4/c1-28-23(27)24(20(22(25)26)15-9-3-2-4-10-15)21-18-13-7-5-11-16(18)17-12-6-8-14-19(17)21/h2-14,20-21H,1H3,(H,25,26). The van der Waals surface area contributed by atoms with E-state index in [4.69, 9.17) is 4.74 Å². The first kappa shape index (κ1) is 17.8. The van der Waals surface area contributed by atoms with Gasteiger partial charge in [0.25, 0.3) is 0 Å². The Bertz CT molecular complexity index is 986. The van der Waals surface area contributed by atoms with Crippen LogP contribution in [0.15, 0.2) is 78.9 Å². The van der Waals surface area contributed by atoms with Crippen molar-refractivity contribution >= 4 is 12.1 Å². The van der Waals surface area contributed by atoms with E-state index in [-0.39, 0.29) is 0 Å². The van der Waals surface area contributed by atoms with Gasteiger partial charge in [0.15, 0.2) is 6.04 Å². The highest BCUT2D eigenvalue weighted by atomic mass is 16.5. The second-order valence-electron chi connectivity index (χ2n) is 6.61. The summed E-state index contributed by atoms with van der Waals surface area (Å²) in [5, 5.41) is 10.0. The van der Waals surface area contributed by atoms with Crippen LogP contribution in [0.2, 0.25) is 0 Å². The Morgan fingerprint density at radius 3 is 1.86 bits per heavy atom. The Morgan fingerprint density at radius 1 is 0.857 bits per heavy atom. The highest BCUT2D eigenvalue weighted by Crippen LogP contribution is 2.48. The average molecular weight is 373 g/mol. The summed E-state index contributed by atoms with van der Waals surface area (Å²) >= 11 is 0. The van der Waals surface area contributed by atoms with Crippen molar-refractivity contribution in [2.75, 3.05) is 7.11 Å². The molecule has 140 valence electrons. The van der Waals surface area contributed by atoms with Gasteiger partial charge in [-0.1, -0.05) is 78.9 Å². The molecule has 3 aromatic rings. The van der Waals surface area contributed by atoms with Crippen LogP contribution >= 0.6 is 0 Å². The third kappa shape index (κ3) is 2.81. The fourth-order valence-electron chi connectivity index (χ4n) is 3.95. The van der Waals surface area contributed by atoms with Crippen molar-refractivity contribution in [2.24, 2.45) is 0 Å². The van der Waals surface area contributed by atoms with E-state index in [2.05, 4.69) is 0 Å². The SMILES string of the molecule is COC(=O)N(C(C(=O)O)c1ccccc1)C1c2ccccc2-c2ccccc21. The van der Waals surface area contributed by atoms with Gasteiger partial charge in [0.05, 0.1) is 13.2 Å². The number of nitrogens with zero attached hydrogens (tertiary/aromatic N) is 1. The van der Waals surface area contributed by atoms with Crippen LogP contribution in [0.1, 0.15) is 28.8 Å². The Kier molecular flexibility index (Phi) is 4.57. The van der Waals surface area contributed by atoms with Crippen LogP contribution in [-0.2, 0) is 9.53 Å². The number of methoxy groups -OCH3 is 1. The fourth-order valence-corrected chi connectivity index (χ4v) is 3.95. The monoisotopic (exact) mass is 373 g/mol. The Hall–Kier alpha value is -3.60. The number of benzene rings is 3. The molecule has 0 saturated carbocycles. The molecule has 0 bridgehead atoms. The molecule has 0 aromatic heterocycles. The number of ether oxygens (including phenoxy) is 1. The van der Waals surface area contributed by atoms with E-state index in [1.807, 2.05) is 54.6 Å². The van der Waals surface area contributed by atoms with Crippen LogP contribution in [0.5, 0.6) is 0 Å². The van der Waals surface area contributed by atoms with Crippen molar-refractivity contribution in [1.29, 1.82) is 0 Å². The summed E-state index contributed by atoms with van der Waals surface area (Å²) in [5.41, 5.74) is 4.28. The van der Waals surface area contributed by atoms with E-state index in [1.165, 1.54) is 12.0 Å². The maximum atomic E-state index is 12.9. The number of carboxylic acid groups (broad SMARTS) is 1. The molecule has 0 saturated heterocycles. The van der Waals surface area contributed by atoms with Gasteiger partial charge in [-0.25, -0.2) is 9.59 Å². The number of amides is 1. The fraction of sp³-hybridized carbons (Fsp3) is 0.130. The second kappa shape index (κ2) is 7.19. The van der Waals surface area contributed by atoms with E-state index >= 15 is 0 Å². The van der Waals surface area contributed by atoms with E-state index in [0.29, 0.717) is 5.56 Å². The molecule has 1 aliphatic carbocycles. The van der Waals surface area contributed by atoms with E-state index in [9.17, 15) is 14.7 Å². The Balaban J connectivity index is 1.94. The van der Waals surface area contributed by atoms with E-state index in [1.54, 1.807) is 24.3 Å². The topological polar surface area (TPSA) is 66.8 Å². The largest absolute Gasteiger partial charge is 0.479 e. The molecule has 5 heteroatoms. The van der Waals surface area contributed by atoms with Crippen LogP contribution in [-0.4, -0.2) is 29.2 Å². The lowest BCUT2D eigenvalue weighted by Crippen LogP contribution is -2.41. The van der Waals surface area contributed by atoms with Crippen molar-refractivity contribution < 1.29 is 19.4 Å². The van der Waals surface area contributed by atoms with E-state index in [0.717, 1.165) is 22.3 Å². The lowest BCUT2D eigenvalue weighted by Gasteiger charge is -2.34. The number of carbonyl (C=O) groups excluding carboxylic acids is 1. The molecule has 1 amide bonds. The van der Waals surface area contributed by atoms with Gasteiger partial charge < -0.3 is 9.84 Å². The lowest BCUT2D eigenvalue weighted by molar-refractivity contribution is -0.143. The summed E-state index contributed by atoms with van der Waals surface area (Å²) in [6.07, 6.45) is -0.687. The molecular formula is C23H19NO4. The van der Waals surface area contributed by atoms with Crippen LogP contribution < -0.4 is 0 Å². The molecule has 5 nitrogen and oxygen atoms in total. The van der Waals surface area contributed by atoms with Crippen LogP contribution in [0.25, 0.3) is 11.1 Å². The smallest absolute Gasteiger partial charge is 0.411 e. The van der Waals surface area contributed by atoms with Gasteiger partial charge in [-0.3, -0.25) is 4.90 Å². The number of carbonyl (C=O) groups is 2. The van der Waals surface area contributed by atoms with Crippen molar-refractivity contribution in [3.63, 3.8) is 0 Å². The predicted octanol–water partition coefficient (Wildman–Crippen LogP) is 4.65. The van der Waals surface area contributed by atoms with Crippen molar-refractivity contribution in [3.8, 4) is 11.1 Å². The maximum Gasteiger partial charge on any atom is 0.411 e. The molecule has 1 atom stereocenters. The van der Waals surface area contributed by atoms with Crippen molar-refractivity contribution in [3.05, 3.63) is 95.6 Å². The molecule has 0 radical (unpaired) electrons. The van der Waals surface area contributed by atoms with Crippen LogP contribution in [0, 0.1) is 0 Å². The molecule has 0 fully saturated rings. The minimum atomic E-state index is -1.18. The normalized spacial score (nSPS) is 13.3. The number of hydrogen-bond donors (Lipinski definition) is 1. The number of aliphatic carboxylic acids is 1. The van der Waals surface area contributed by atoms with Crippen molar-refractivity contribution in [2.45, 2.75) is 12.1 Å². The quantitative estimate of drug-likeness (QED) is 0.723. The number of fused-ring (bicyclic) bond motifs is 3. The summed E-state index contributed by atoms with van der Waals surface area (Å²) in [5.74, 6) is -1.11. The Labute approximate surface area is 162 Å². The van der Waals surface area contributed by atoms with Gasteiger partial charge in [-0.05, 0) is 27.8 Å². The number of hydrogen-bond acceptors (Lipinski definition) is 3. The zero-order chi connectivity index (χ0) is 19.7. The van der Waals surface area contributed by atoms with Gasteiger partial charge in [-0.2, -0.15) is 0 Å². The minimum absolute atomic E-state index is 0.516. The molecule has 3 aromatic carbocycles. The first-order valence-electron chi connectivity index (χ1n) is 8.95. The summed E-state index contributed by atoms with van der Waals surface area (Å²) in [4.78, 5) is 26.5.